The van der Waals surface area contributed by atoms with Crippen molar-refractivity contribution >= 4 is 23.0 Å². The SMILES string of the molecule is O=C(O)C1(Oc2ccc(F)cc2)CCN(c2ncnc3nc[nH]c23)CC1. The molecule has 26 heavy (non-hydrogen) atoms. The Kier molecular flexibility index (Phi) is 3.90. The minimum atomic E-state index is -1.35. The number of aromatic amines is 1. The van der Waals surface area contributed by atoms with E-state index < -0.39 is 17.4 Å². The zero-order chi connectivity index (χ0) is 18.1. The van der Waals surface area contributed by atoms with Gasteiger partial charge >= 0.3 is 5.97 Å². The van der Waals surface area contributed by atoms with Gasteiger partial charge in [-0.3, -0.25) is 0 Å². The first-order valence-electron chi connectivity index (χ1n) is 8.14. The number of nitrogens with zero attached hydrogens (tertiary/aromatic N) is 4. The lowest BCUT2D eigenvalue weighted by Crippen LogP contribution is -2.53. The maximum absolute atomic E-state index is 13.1. The number of carboxylic acid groups (broad SMARTS) is 1. The van der Waals surface area contributed by atoms with E-state index >= 15 is 0 Å². The van der Waals surface area contributed by atoms with Gasteiger partial charge in [0.25, 0.3) is 0 Å². The number of piperidine rings is 1. The molecule has 3 heterocycles. The lowest BCUT2D eigenvalue weighted by atomic mass is 9.91. The summed E-state index contributed by atoms with van der Waals surface area (Å²) in [6, 6.07) is 5.36. The van der Waals surface area contributed by atoms with Gasteiger partial charge in [0.1, 0.15) is 23.4 Å². The third-order valence-electron chi connectivity index (χ3n) is 4.59. The third-order valence-corrected chi connectivity index (χ3v) is 4.59. The molecule has 1 aliphatic heterocycles. The molecule has 3 aromatic rings. The fourth-order valence-electron chi connectivity index (χ4n) is 3.16. The van der Waals surface area contributed by atoms with Gasteiger partial charge in [0.05, 0.1) is 6.33 Å². The van der Waals surface area contributed by atoms with Crippen molar-refractivity contribution in [2.45, 2.75) is 18.4 Å². The zero-order valence-electron chi connectivity index (χ0n) is 13.7. The standard InChI is InChI=1S/C17H16FN5O3/c18-11-1-3-12(4-2-11)26-17(16(24)25)5-7-23(8-6-17)15-13-14(20-9-19-13)21-10-22-15/h1-4,9-10H,5-8H2,(H,24,25)(H,19,20,21,22). The molecule has 8 nitrogen and oxygen atoms in total. The van der Waals surface area contributed by atoms with Gasteiger partial charge in [0.15, 0.2) is 11.5 Å². The number of benzene rings is 1. The number of anilines is 1. The Bertz CT molecular complexity index is 935. The summed E-state index contributed by atoms with van der Waals surface area (Å²) >= 11 is 0. The summed E-state index contributed by atoms with van der Waals surface area (Å²) in [5, 5.41) is 9.74. The van der Waals surface area contributed by atoms with Gasteiger partial charge in [0, 0.05) is 25.9 Å². The molecule has 0 spiro atoms. The topological polar surface area (TPSA) is 104 Å². The summed E-state index contributed by atoms with van der Waals surface area (Å²) in [6.07, 6.45) is 3.51. The van der Waals surface area contributed by atoms with Gasteiger partial charge in [-0.1, -0.05) is 0 Å². The molecule has 1 aliphatic rings. The number of ether oxygens (including phenoxy) is 1. The van der Waals surface area contributed by atoms with Crippen molar-refractivity contribution in [3.05, 3.63) is 42.7 Å². The van der Waals surface area contributed by atoms with Crippen molar-refractivity contribution in [3.63, 3.8) is 0 Å². The average Bonchev–Trinajstić information content (AvgIpc) is 3.13. The van der Waals surface area contributed by atoms with Gasteiger partial charge in [-0.05, 0) is 24.3 Å². The molecule has 9 heteroatoms. The van der Waals surface area contributed by atoms with E-state index in [1.165, 1.54) is 30.6 Å². The third kappa shape index (κ3) is 2.81. The normalized spacial score (nSPS) is 16.6. The van der Waals surface area contributed by atoms with Crippen LogP contribution in [0.3, 0.4) is 0 Å². The van der Waals surface area contributed by atoms with Crippen molar-refractivity contribution in [3.8, 4) is 5.75 Å². The first-order valence-corrected chi connectivity index (χ1v) is 8.14. The number of halogens is 1. The van der Waals surface area contributed by atoms with Gasteiger partial charge in [-0.2, -0.15) is 0 Å². The molecule has 1 aromatic carbocycles. The number of nitrogens with one attached hydrogen (secondary N) is 1. The molecule has 1 fully saturated rings. The molecule has 0 saturated carbocycles. The van der Waals surface area contributed by atoms with Gasteiger partial charge in [0.2, 0.25) is 5.60 Å². The summed E-state index contributed by atoms with van der Waals surface area (Å²) in [5.41, 5.74) is -0.0727. The number of imidazole rings is 1. The number of hydrogen-bond donors (Lipinski definition) is 2. The number of carbonyl (C=O) groups is 1. The van der Waals surface area contributed by atoms with Gasteiger partial charge in [-0.15, -0.1) is 0 Å². The van der Waals surface area contributed by atoms with Crippen LogP contribution in [0.2, 0.25) is 0 Å². The van der Waals surface area contributed by atoms with E-state index in [0.29, 0.717) is 30.3 Å². The van der Waals surface area contributed by atoms with E-state index in [4.69, 9.17) is 4.74 Å². The Morgan fingerprint density at radius 2 is 1.92 bits per heavy atom. The van der Waals surface area contributed by atoms with E-state index in [2.05, 4.69) is 19.9 Å². The first-order chi connectivity index (χ1) is 12.6. The fraction of sp³-hybridized carbons (Fsp3) is 0.294. The second kappa shape index (κ2) is 6.25. The number of hydrogen-bond acceptors (Lipinski definition) is 6. The van der Waals surface area contributed by atoms with E-state index in [1.807, 2.05) is 4.90 Å². The predicted octanol–water partition coefficient (Wildman–Crippen LogP) is 1.99. The molecule has 134 valence electrons. The number of H-pyrrole nitrogens is 1. The molecule has 0 aliphatic carbocycles. The van der Waals surface area contributed by atoms with Crippen molar-refractivity contribution in [2.75, 3.05) is 18.0 Å². The smallest absolute Gasteiger partial charge is 0.348 e. The van der Waals surface area contributed by atoms with E-state index in [0.717, 1.165) is 5.52 Å². The minimum absolute atomic E-state index is 0.263. The molecule has 0 radical (unpaired) electrons. The monoisotopic (exact) mass is 357 g/mol. The van der Waals surface area contributed by atoms with E-state index in [1.54, 1.807) is 6.33 Å². The Balaban J connectivity index is 1.55. The van der Waals surface area contributed by atoms with Crippen LogP contribution >= 0.6 is 0 Å². The summed E-state index contributed by atoms with van der Waals surface area (Å²) in [5.74, 6) is -0.409. The van der Waals surface area contributed by atoms with Gasteiger partial charge < -0.3 is 19.7 Å². The maximum atomic E-state index is 13.1. The molecule has 0 atom stereocenters. The molecule has 4 rings (SSSR count). The van der Waals surface area contributed by atoms with E-state index in [9.17, 15) is 14.3 Å². The number of fused-ring (bicyclic) bond motifs is 1. The second-order valence-corrected chi connectivity index (χ2v) is 6.14. The highest BCUT2D eigenvalue weighted by Crippen LogP contribution is 2.32. The van der Waals surface area contributed by atoms with Crippen LogP contribution in [-0.2, 0) is 4.79 Å². The number of aromatic nitrogens is 4. The quantitative estimate of drug-likeness (QED) is 0.736. The van der Waals surface area contributed by atoms with E-state index in [-0.39, 0.29) is 12.8 Å². The predicted molar refractivity (Wildman–Crippen MR) is 90.5 cm³/mol. The lowest BCUT2D eigenvalue weighted by molar-refractivity contribution is -0.157. The number of carboxylic acids is 1. The Morgan fingerprint density at radius 3 is 2.62 bits per heavy atom. The van der Waals surface area contributed by atoms with Crippen LogP contribution in [0.1, 0.15) is 12.8 Å². The zero-order valence-corrected chi connectivity index (χ0v) is 13.7. The highest BCUT2D eigenvalue weighted by molar-refractivity contribution is 5.83. The first kappa shape index (κ1) is 16.2. The molecule has 2 aromatic heterocycles. The molecular weight excluding hydrogens is 341 g/mol. The highest BCUT2D eigenvalue weighted by atomic mass is 19.1. The Hall–Kier alpha value is -3.23. The second-order valence-electron chi connectivity index (χ2n) is 6.14. The van der Waals surface area contributed by atoms with Crippen molar-refractivity contribution in [1.82, 2.24) is 19.9 Å². The van der Waals surface area contributed by atoms with Crippen LogP contribution in [0.5, 0.6) is 5.75 Å². The fourth-order valence-corrected chi connectivity index (χ4v) is 3.16. The number of rotatable bonds is 4. The van der Waals surface area contributed by atoms with Crippen LogP contribution in [-0.4, -0.2) is 49.7 Å². The van der Waals surface area contributed by atoms with Crippen LogP contribution in [0.4, 0.5) is 10.2 Å². The molecule has 0 amide bonds. The number of aliphatic carboxylic acids is 1. The van der Waals surface area contributed by atoms with Crippen molar-refractivity contribution in [2.24, 2.45) is 0 Å². The van der Waals surface area contributed by atoms with Crippen LogP contribution in [0, 0.1) is 5.82 Å². The summed E-state index contributed by atoms with van der Waals surface area (Å²) in [7, 11) is 0. The lowest BCUT2D eigenvalue weighted by Gasteiger charge is -2.39. The summed E-state index contributed by atoms with van der Waals surface area (Å²) in [6.45, 7) is 0.886. The molecule has 0 unspecified atom stereocenters. The van der Waals surface area contributed by atoms with Crippen molar-refractivity contribution in [1.29, 1.82) is 0 Å². The van der Waals surface area contributed by atoms with Crippen LogP contribution in [0.15, 0.2) is 36.9 Å². The van der Waals surface area contributed by atoms with Crippen LogP contribution < -0.4 is 9.64 Å². The molecular formula is C17H16FN5O3. The average molecular weight is 357 g/mol. The molecule has 0 bridgehead atoms. The molecule has 1 saturated heterocycles. The summed E-state index contributed by atoms with van der Waals surface area (Å²) < 4.78 is 18.8. The minimum Gasteiger partial charge on any atom is -0.478 e. The highest BCUT2D eigenvalue weighted by Gasteiger charge is 2.44. The molecule has 2 N–H and O–H groups in total. The Morgan fingerprint density at radius 1 is 1.19 bits per heavy atom. The maximum Gasteiger partial charge on any atom is 0.348 e. The largest absolute Gasteiger partial charge is 0.478 e. The Labute approximate surface area is 147 Å². The van der Waals surface area contributed by atoms with Crippen molar-refractivity contribution < 1.29 is 19.0 Å². The van der Waals surface area contributed by atoms with Crippen LogP contribution in [0.25, 0.3) is 11.2 Å². The summed E-state index contributed by atoms with van der Waals surface area (Å²) in [4.78, 5) is 29.4. The van der Waals surface area contributed by atoms with Gasteiger partial charge in [-0.25, -0.2) is 24.1 Å².